The highest BCUT2D eigenvalue weighted by Gasteiger charge is 2.64. The standard InChI is InChI=1S/C12H26N2/c1-6-9(13)7-8-14-10-11(2,3)12(10,4)5/h9-10,14H,6-8,13H2,1-5H3. The van der Waals surface area contributed by atoms with E-state index >= 15 is 0 Å². The zero-order chi connectivity index (χ0) is 11.0. The van der Waals surface area contributed by atoms with Crippen LogP contribution in [-0.2, 0) is 0 Å². The lowest BCUT2D eigenvalue weighted by Crippen LogP contribution is -2.29. The highest BCUT2D eigenvalue weighted by Crippen LogP contribution is 2.62. The molecule has 1 aliphatic carbocycles. The summed E-state index contributed by atoms with van der Waals surface area (Å²) >= 11 is 0. The van der Waals surface area contributed by atoms with Crippen molar-refractivity contribution in [2.75, 3.05) is 6.54 Å². The Morgan fingerprint density at radius 1 is 1.21 bits per heavy atom. The molecule has 2 heteroatoms. The normalized spacial score (nSPS) is 26.1. The predicted molar refractivity (Wildman–Crippen MR) is 62.2 cm³/mol. The van der Waals surface area contributed by atoms with Crippen molar-refractivity contribution < 1.29 is 0 Å². The second kappa shape index (κ2) is 3.82. The van der Waals surface area contributed by atoms with Crippen molar-refractivity contribution in [1.29, 1.82) is 0 Å². The molecule has 14 heavy (non-hydrogen) atoms. The summed E-state index contributed by atoms with van der Waals surface area (Å²) in [5.41, 5.74) is 6.77. The predicted octanol–water partition coefficient (Wildman–Crippen LogP) is 2.14. The Morgan fingerprint density at radius 3 is 2.07 bits per heavy atom. The van der Waals surface area contributed by atoms with Crippen molar-refractivity contribution in [2.45, 2.75) is 59.5 Å². The molecule has 84 valence electrons. The maximum absolute atomic E-state index is 5.87. The van der Waals surface area contributed by atoms with E-state index in [1.807, 2.05) is 0 Å². The lowest BCUT2D eigenvalue weighted by molar-refractivity contribution is 0.457. The van der Waals surface area contributed by atoms with Gasteiger partial charge in [-0.1, -0.05) is 34.6 Å². The number of rotatable bonds is 5. The van der Waals surface area contributed by atoms with Gasteiger partial charge in [0.2, 0.25) is 0 Å². The molecule has 1 aliphatic rings. The molecule has 0 aromatic rings. The lowest BCUT2D eigenvalue weighted by atomic mass is 10.0. The van der Waals surface area contributed by atoms with Crippen molar-refractivity contribution in [3.63, 3.8) is 0 Å². The quantitative estimate of drug-likeness (QED) is 0.710. The fraction of sp³-hybridized carbons (Fsp3) is 1.00. The van der Waals surface area contributed by atoms with Crippen LogP contribution in [0.15, 0.2) is 0 Å². The molecule has 2 nitrogen and oxygen atoms in total. The molecular weight excluding hydrogens is 172 g/mol. The summed E-state index contributed by atoms with van der Waals surface area (Å²) in [6.45, 7) is 12.6. The first-order valence-electron chi connectivity index (χ1n) is 5.83. The SMILES string of the molecule is CCC(N)CCNC1C(C)(C)C1(C)C. The maximum Gasteiger partial charge on any atom is 0.0181 e. The van der Waals surface area contributed by atoms with Gasteiger partial charge in [0.05, 0.1) is 0 Å². The van der Waals surface area contributed by atoms with Crippen LogP contribution in [0.5, 0.6) is 0 Å². The van der Waals surface area contributed by atoms with Crippen LogP contribution in [0.4, 0.5) is 0 Å². The van der Waals surface area contributed by atoms with Gasteiger partial charge < -0.3 is 11.1 Å². The van der Waals surface area contributed by atoms with E-state index < -0.39 is 0 Å². The molecule has 3 N–H and O–H groups in total. The third kappa shape index (κ3) is 1.96. The zero-order valence-corrected chi connectivity index (χ0v) is 10.4. The highest BCUT2D eigenvalue weighted by molar-refractivity contribution is 5.17. The molecule has 1 rings (SSSR count). The van der Waals surface area contributed by atoms with Crippen LogP contribution in [0.2, 0.25) is 0 Å². The number of hydrogen-bond acceptors (Lipinski definition) is 2. The van der Waals surface area contributed by atoms with Crippen molar-refractivity contribution in [1.82, 2.24) is 5.32 Å². The van der Waals surface area contributed by atoms with Crippen LogP contribution < -0.4 is 11.1 Å². The molecule has 1 unspecified atom stereocenters. The van der Waals surface area contributed by atoms with E-state index in [2.05, 4.69) is 39.9 Å². The largest absolute Gasteiger partial charge is 0.328 e. The van der Waals surface area contributed by atoms with Gasteiger partial charge in [0, 0.05) is 12.1 Å². The van der Waals surface area contributed by atoms with Crippen molar-refractivity contribution >= 4 is 0 Å². The van der Waals surface area contributed by atoms with Crippen LogP contribution >= 0.6 is 0 Å². The number of nitrogens with two attached hydrogens (primary N) is 1. The first-order valence-corrected chi connectivity index (χ1v) is 5.83. The minimum Gasteiger partial charge on any atom is -0.328 e. The van der Waals surface area contributed by atoms with Crippen LogP contribution in [0.25, 0.3) is 0 Å². The van der Waals surface area contributed by atoms with Gasteiger partial charge in [0.15, 0.2) is 0 Å². The van der Waals surface area contributed by atoms with Crippen molar-refractivity contribution in [3.05, 3.63) is 0 Å². The van der Waals surface area contributed by atoms with Gasteiger partial charge in [-0.25, -0.2) is 0 Å². The average Bonchev–Trinajstić information content (AvgIpc) is 2.47. The number of nitrogens with one attached hydrogen (secondary N) is 1. The van der Waals surface area contributed by atoms with Crippen LogP contribution in [-0.4, -0.2) is 18.6 Å². The first-order chi connectivity index (χ1) is 6.34. The summed E-state index contributed by atoms with van der Waals surface area (Å²) in [6.07, 6.45) is 2.18. The molecule has 0 spiro atoms. The third-order valence-corrected chi connectivity index (χ3v) is 4.41. The minimum absolute atomic E-state index is 0.368. The molecule has 0 heterocycles. The van der Waals surface area contributed by atoms with Gasteiger partial charge in [0.1, 0.15) is 0 Å². The van der Waals surface area contributed by atoms with Gasteiger partial charge in [-0.05, 0) is 30.2 Å². The Kier molecular flexibility index (Phi) is 3.27. The monoisotopic (exact) mass is 198 g/mol. The molecule has 0 amide bonds. The fourth-order valence-corrected chi connectivity index (χ4v) is 2.32. The number of hydrogen-bond donors (Lipinski definition) is 2. The molecule has 0 saturated heterocycles. The molecule has 0 bridgehead atoms. The Morgan fingerprint density at radius 2 is 1.71 bits per heavy atom. The second-order valence-electron chi connectivity index (χ2n) is 5.79. The summed E-state index contributed by atoms with van der Waals surface area (Å²) in [7, 11) is 0. The van der Waals surface area contributed by atoms with Crippen molar-refractivity contribution in [3.8, 4) is 0 Å². The molecule has 0 aliphatic heterocycles. The van der Waals surface area contributed by atoms with E-state index in [0.29, 0.717) is 22.9 Å². The molecule has 1 saturated carbocycles. The molecule has 1 atom stereocenters. The van der Waals surface area contributed by atoms with Crippen LogP contribution in [0.3, 0.4) is 0 Å². The average molecular weight is 198 g/mol. The molecule has 0 aromatic heterocycles. The van der Waals surface area contributed by atoms with Crippen molar-refractivity contribution in [2.24, 2.45) is 16.6 Å². The summed E-state index contributed by atoms with van der Waals surface area (Å²) in [6, 6.07) is 1.03. The minimum atomic E-state index is 0.368. The van der Waals surface area contributed by atoms with E-state index in [1.165, 1.54) is 0 Å². The van der Waals surface area contributed by atoms with E-state index in [9.17, 15) is 0 Å². The maximum atomic E-state index is 5.87. The fourth-order valence-electron chi connectivity index (χ4n) is 2.32. The van der Waals surface area contributed by atoms with E-state index in [-0.39, 0.29) is 0 Å². The summed E-state index contributed by atoms with van der Waals surface area (Å²) in [5.74, 6) is 0. The smallest absolute Gasteiger partial charge is 0.0181 e. The first kappa shape index (κ1) is 12.0. The summed E-state index contributed by atoms with van der Waals surface area (Å²) in [5, 5.41) is 3.62. The lowest BCUT2D eigenvalue weighted by Gasteiger charge is -2.10. The van der Waals surface area contributed by atoms with Gasteiger partial charge in [-0.3, -0.25) is 0 Å². The summed E-state index contributed by atoms with van der Waals surface area (Å²) in [4.78, 5) is 0. The van der Waals surface area contributed by atoms with Crippen LogP contribution in [0, 0.1) is 10.8 Å². The highest BCUT2D eigenvalue weighted by atomic mass is 15.0. The Bertz CT molecular complexity index is 182. The van der Waals surface area contributed by atoms with Gasteiger partial charge in [0.25, 0.3) is 0 Å². The third-order valence-electron chi connectivity index (χ3n) is 4.41. The Hall–Kier alpha value is -0.0800. The molecule has 0 radical (unpaired) electrons. The molecular formula is C12H26N2. The van der Waals surface area contributed by atoms with E-state index in [1.54, 1.807) is 0 Å². The summed E-state index contributed by atoms with van der Waals surface area (Å²) < 4.78 is 0. The zero-order valence-electron chi connectivity index (χ0n) is 10.4. The molecule has 0 aromatic carbocycles. The Labute approximate surface area is 88.6 Å². The van der Waals surface area contributed by atoms with Gasteiger partial charge in [-0.2, -0.15) is 0 Å². The Balaban J connectivity index is 2.22. The van der Waals surface area contributed by atoms with E-state index in [4.69, 9.17) is 5.73 Å². The van der Waals surface area contributed by atoms with Crippen LogP contribution in [0.1, 0.15) is 47.5 Å². The second-order valence-corrected chi connectivity index (χ2v) is 5.79. The topological polar surface area (TPSA) is 38.0 Å². The van der Waals surface area contributed by atoms with E-state index in [0.717, 1.165) is 19.4 Å². The van der Waals surface area contributed by atoms with Gasteiger partial charge in [-0.15, -0.1) is 0 Å². The van der Waals surface area contributed by atoms with Gasteiger partial charge >= 0.3 is 0 Å². The molecule has 1 fully saturated rings.